The molecule has 2 aromatic carbocycles. The third-order valence-electron chi connectivity index (χ3n) is 8.80. The standard InChI is InChI=1S/C27H16Cl2F5IN2O7/c1-44-12-5-7(4-11(35)21(12)38)14-8-2-3-9-13(23(40)37(43)22(9)39)10(8)6-26(28)24(41)36(25(42)27(14,26)29)20-18(33)16(31)15(30)17(32)19(20)34/h2,4-5,9-10,13-14,38,43H,3,6H2,1H3. The van der Waals surface area contributed by atoms with Gasteiger partial charge in [0.2, 0.25) is 5.82 Å². The highest BCUT2D eigenvalue weighted by atomic mass is 127. The van der Waals surface area contributed by atoms with E-state index in [-0.39, 0.29) is 42.6 Å². The Kier molecular flexibility index (Phi) is 7.03. The van der Waals surface area contributed by atoms with Crippen LogP contribution in [0.4, 0.5) is 27.6 Å². The molecule has 44 heavy (non-hydrogen) atoms. The van der Waals surface area contributed by atoms with Gasteiger partial charge < -0.3 is 9.84 Å². The van der Waals surface area contributed by atoms with Crippen LogP contribution in [0.15, 0.2) is 23.8 Å². The average molecular weight is 773 g/mol. The van der Waals surface area contributed by atoms with Crippen molar-refractivity contribution in [3.8, 4) is 11.5 Å². The Balaban J connectivity index is 1.64. The minimum atomic E-state index is -2.73. The van der Waals surface area contributed by atoms with E-state index in [0.717, 1.165) is 0 Å². The Labute approximate surface area is 267 Å². The molecule has 6 atom stereocenters. The van der Waals surface area contributed by atoms with E-state index in [1.54, 1.807) is 22.6 Å². The minimum Gasteiger partial charge on any atom is -0.504 e. The molecule has 2 saturated heterocycles. The van der Waals surface area contributed by atoms with Crippen molar-refractivity contribution in [2.75, 3.05) is 12.0 Å². The lowest BCUT2D eigenvalue weighted by atomic mass is 9.56. The van der Waals surface area contributed by atoms with Crippen molar-refractivity contribution in [3.63, 3.8) is 0 Å². The second-order valence-electron chi connectivity index (χ2n) is 10.7. The van der Waals surface area contributed by atoms with Crippen LogP contribution in [0.1, 0.15) is 24.3 Å². The molecule has 17 heteroatoms. The Bertz CT molecular complexity index is 1750. The highest BCUT2D eigenvalue weighted by Gasteiger charge is 2.77. The molecule has 2 aromatic rings. The number of ether oxygens (including phenoxy) is 1. The number of phenols is 1. The van der Waals surface area contributed by atoms with Gasteiger partial charge in [-0.25, -0.2) is 26.9 Å². The van der Waals surface area contributed by atoms with E-state index in [9.17, 15) is 42.7 Å². The number of imide groups is 2. The van der Waals surface area contributed by atoms with Crippen LogP contribution in [0.5, 0.6) is 11.5 Å². The van der Waals surface area contributed by atoms with Crippen LogP contribution in [-0.2, 0) is 19.2 Å². The van der Waals surface area contributed by atoms with Crippen molar-refractivity contribution in [1.29, 1.82) is 0 Å². The fourth-order valence-electron chi connectivity index (χ4n) is 6.84. The van der Waals surface area contributed by atoms with Crippen LogP contribution in [-0.4, -0.2) is 55.9 Å². The number of carbonyl (C=O) groups is 4. The molecule has 1 saturated carbocycles. The van der Waals surface area contributed by atoms with Crippen molar-refractivity contribution in [1.82, 2.24) is 5.06 Å². The molecule has 2 aliphatic heterocycles. The molecule has 4 aliphatic rings. The lowest BCUT2D eigenvalue weighted by molar-refractivity contribution is -0.173. The number of rotatable bonds is 3. The van der Waals surface area contributed by atoms with Gasteiger partial charge in [0.25, 0.3) is 23.6 Å². The zero-order valence-electron chi connectivity index (χ0n) is 21.8. The van der Waals surface area contributed by atoms with Gasteiger partial charge in [0, 0.05) is 5.92 Å². The fraction of sp³-hybridized carbons (Fsp3) is 0.333. The molecule has 4 amide bonds. The molecule has 0 bridgehead atoms. The number of anilines is 1. The Morgan fingerprint density at radius 1 is 0.932 bits per heavy atom. The highest BCUT2D eigenvalue weighted by Crippen LogP contribution is 2.66. The quantitative estimate of drug-likeness (QED) is 0.0681. The number of hydrogen-bond acceptors (Lipinski definition) is 7. The Morgan fingerprint density at radius 3 is 2.11 bits per heavy atom. The van der Waals surface area contributed by atoms with Crippen molar-refractivity contribution < 1.29 is 56.2 Å². The second kappa shape index (κ2) is 9.99. The number of alkyl halides is 2. The van der Waals surface area contributed by atoms with Crippen LogP contribution in [0, 0.1) is 50.4 Å². The second-order valence-corrected chi connectivity index (χ2v) is 13.1. The van der Waals surface area contributed by atoms with Gasteiger partial charge in [-0.1, -0.05) is 11.6 Å². The first-order valence-electron chi connectivity index (χ1n) is 12.7. The van der Waals surface area contributed by atoms with Crippen LogP contribution < -0.4 is 9.64 Å². The summed E-state index contributed by atoms with van der Waals surface area (Å²) in [5, 5.41) is 20.5. The number of halogens is 8. The summed E-state index contributed by atoms with van der Waals surface area (Å²) in [5.41, 5.74) is -1.67. The van der Waals surface area contributed by atoms with Crippen LogP contribution in [0.3, 0.4) is 0 Å². The molecule has 2 heterocycles. The maximum atomic E-state index is 15.0. The number of aromatic hydroxyl groups is 1. The number of methoxy groups -OCH3 is 1. The first-order valence-corrected chi connectivity index (χ1v) is 14.5. The third-order valence-corrected chi connectivity index (χ3v) is 11.0. The number of amides is 4. The smallest absolute Gasteiger partial charge is 0.258 e. The topological polar surface area (TPSA) is 124 Å². The van der Waals surface area contributed by atoms with Crippen molar-refractivity contribution in [2.45, 2.75) is 28.5 Å². The Hall–Kier alpha value is -3.02. The lowest BCUT2D eigenvalue weighted by Gasteiger charge is -2.50. The highest BCUT2D eigenvalue weighted by molar-refractivity contribution is 14.1. The SMILES string of the molecule is COc1cc(C2C3=CCC4C(=O)N(O)C(=O)C4C3CC3(Cl)C(=O)N(c4c(F)c(F)c(F)c(F)c4F)C(=O)C23Cl)cc(I)c1O. The van der Waals surface area contributed by atoms with E-state index in [2.05, 4.69) is 0 Å². The number of fused-ring (bicyclic) bond motifs is 4. The van der Waals surface area contributed by atoms with E-state index in [0.29, 0.717) is 0 Å². The van der Waals surface area contributed by atoms with Gasteiger partial charge in [-0.15, -0.1) is 23.2 Å². The predicted octanol–water partition coefficient (Wildman–Crippen LogP) is 4.65. The molecule has 0 radical (unpaired) electrons. The predicted molar refractivity (Wildman–Crippen MR) is 147 cm³/mol. The van der Waals surface area contributed by atoms with Crippen LogP contribution in [0.2, 0.25) is 0 Å². The molecule has 6 rings (SSSR count). The number of allylic oxidation sites excluding steroid dienone is 2. The van der Waals surface area contributed by atoms with E-state index >= 15 is 8.78 Å². The fourth-order valence-corrected chi connectivity index (χ4v) is 8.40. The molecule has 232 valence electrons. The minimum absolute atomic E-state index is 0.0523. The number of hydroxylamine groups is 2. The summed E-state index contributed by atoms with van der Waals surface area (Å²) < 4.78 is 77.8. The van der Waals surface area contributed by atoms with Crippen molar-refractivity contribution >= 4 is 75.1 Å². The van der Waals surface area contributed by atoms with E-state index in [1.165, 1.54) is 25.3 Å². The summed E-state index contributed by atoms with van der Waals surface area (Å²) in [6.45, 7) is 0. The van der Waals surface area contributed by atoms with Crippen molar-refractivity contribution in [3.05, 3.63) is 62.0 Å². The first-order chi connectivity index (χ1) is 20.5. The monoisotopic (exact) mass is 772 g/mol. The molecule has 0 aromatic heterocycles. The molecular weight excluding hydrogens is 757 g/mol. The number of benzene rings is 2. The van der Waals surface area contributed by atoms with Gasteiger partial charge in [-0.05, 0) is 59.0 Å². The summed E-state index contributed by atoms with van der Waals surface area (Å²) in [6, 6.07) is 2.57. The summed E-state index contributed by atoms with van der Waals surface area (Å²) >= 11 is 15.7. The van der Waals surface area contributed by atoms with E-state index in [4.69, 9.17) is 27.9 Å². The van der Waals surface area contributed by atoms with Gasteiger partial charge >= 0.3 is 0 Å². The van der Waals surface area contributed by atoms with Crippen LogP contribution >= 0.6 is 45.8 Å². The largest absolute Gasteiger partial charge is 0.504 e. The summed E-state index contributed by atoms with van der Waals surface area (Å²) in [5.74, 6) is -23.3. The maximum absolute atomic E-state index is 15.0. The number of nitrogens with zero attached hydrogens (tertiary/aromatic N) is 2. The Morgan fingerprint density at radius 2 is 1.52 bits per heavy atom. The average Bonchev–Trinajstić information content (AvgIpc) is 3.30. The van der Waals surface area contributed by atoms with Gasteiger partial charge in [-0.2, -0.15) is 5.06 Å². The molecule has 2 aliphatic carbocycles. The van der Waals surface area contributed by atoms with E-state index < -0.39 is 98.2 Å². The van der Waals surface area contributed by atoms with Crippen LogP contribution in [0.25, 0.3) is 0 Å². The molecule has 0 spiro atoms. The van der Waals surface area contributed by atoms with Gasteiger partial charge in [0.1, 0.15) is 5.69 Å². The van der Waals surface area contributed by atoms with Crippen molar-refractivity contribution in [2.24, 2.45) is 17.8 Å². The zero-order valence-corrected chi connectivity index (χ0v) is 25.5. The summed E-state index contributed by atoms with van der Waals surface area (Å²) in [6.07, 6.45) is 0.621. The van der Waals surface area contributed by atoms with Gasteiger partial charge in [0.05, 0.1) is 22.5 Å². The molecule has 3 fully saturated rings. The summed E-state index contributed by atoms with van der Waals surface area (Å²) in [4.78, 5) is 48.2. The van der Waals surface area contributed by atoms with E-state index in [1.807, 2.05) is 0 Å². The first kappa shape index (κ1) is 31.0. The molecule has 2 N–H and O–H groups in total. The normalized spacial score (nSPS) is 31.3. The zero-order chi connectivity index (χ0) is 32.4. The third kappa shape index (κ3) is 3.66. The number of phenolic OH excluding ortho intramolecular Hbond substituents is 1. The molecule has 6 unspecified atom stereocenters. The summed E-state index contributed by atoms with van der Waals surface area (Å²) in [7, 11) is 1.21. The lowest BCUT2D eigenvalue weighted by Crippen LogP contribution is -2.60. The molecule has 9 nitrogen and oxygen atoms in total. The maximum Gasteiger partial charge on any atom is 0.258 e. The van der Waals surface area contributed by atoms with Gasteiger partial charge in [-0.3, -0.25) is 24.4 Å². The van der Waals surface area contributed by atoms with Gasteiger partial charge in [0.15, 0.2) is 44.5 Å². The molecular formula is C27H16Cl2F5IN2O7. The number of hydrogen-bond donors (Lipinski definition) is 2. The number of carbonyl (C=O) groups excluding carboxylic acids is 4.